The monoisotopic (exact) mass is 1410 g/mol. The lowest BCUT2D eigenvalue weighted by atomic mass is 9.74. The molecule has 2 amide bonds. The molecule has 2 saturated heterocycles. The van der Waals surface area contributed by atoms with Gasteiger partial charge in [-0.1, -0.05) is 43.0 Å². The Morgan fingerprint density at radius 2 is 1.60 bits per heavy atom. The number of azo groups is 1. The number of anilines is 1. The molecule has 96 heavy (non-hydrogen) atoms. The first-order chi connectivity index (χ1) is 45.7. The molecule has 0 aromatic heterocycles. The van der Waals surface area contributed by atoms with E-state index in [9.17, 15) is 73.0 Å². The Balaban J connectivity index is 0.721. The number of hydrogen-bond donors (Lipinski definition) is 8. The summed E-state index contributed by atoms with van der Waals surface area (Å²) in [6.07, 6.45) is 4.43. The van der Waals surface area contributed by atoms with Gasteiger partial charge in [0, 0.05) is 97.9 Å². The molecule has 3 heterocycles. The summed E-state index contributed by atoms with van der Waals surface area (Å²) < 4.78 is 82.6. The van der Waals surface area contributed by atoms with E-state index in [1.165, 1.54) is 65.6 Å². The first-order valence-electron chi connectivity index (χ1n) is 30.9. The van der Waals surface area contributed by atoms with E-state index in [2.05, 4.69) is 15.5 Å². The molecule has 0 bridgehead atoms. The van der Waals surface area contributed by atoms with Crippen LogP contribution in [0.4, 0.5) is 22.7 Å². The number of fused-ring (bicyclic) bond motifs is 2. The van der Waals surface area contributed by atoms with E-state index in [0.29, 0.717) is 74.8 Å². The predicted molar refractivity (Wildman–Crippen MR) is 347 cm³/mol. The number of rotatable bonds is 37. The van der Waals surface area contributed by atoms with Gasteiger partial charge in [0.1, 0.15) is 36.9 Å². The number of nitrogens with zero attached hydrogens (tertiary/aromatic N) is 5. The van der Waals surface area contributed by atoms with E-state index in [1.54, 1.807) is 36.4 Å². The summed E-state index contributed by atoms with van der Waals surface area (Å²) in [6, 6.07) is 17.7. The summed E-state index contributed by atoms with van der Waals surface area (Å²) >= 11 is 6.12. The summed E-state index contributed by atoms with van der Waals surface area (Å²) in [5.74, 6) is -3.91. The summed E-state index contributed by atoms with van der Waals surface area (Å²) in [5, 5.41) is 53.0. The molecular weight excluding hydrogens is 1340 g/mol. The molecule has 9 N–H and O–H groups in total. The number of unbranched alkanes of at least 4 members (excludes halogenated alkanes) is 4. The number of ketones is 1. The average Bonchev–Trinajstić information content (AvgIpc) is 0.918. The third-order valence-corrected chi connectivity index (χ3v) is 19.4. The maximum Gasteiger partial charge on any atom is 0.472 e. The molecule has 0 spiro atoms. The number of allylic oxidation sites excluding steroid dienone is 3. The van der Waals surface area contributed by atoms with E-state index >= 15 is 0 Å². The molecule has 2 radical (unpaired) electrons. The third kappa shape index (κ3) is 22.0. The average molecular weight is 1410 g/mol. The van der Waals surface area contributed by atoms with Crippen LogP contribution in [0.15, 0.2) is 113 Å². The number of phosphoric acid groups is 3. The van der Waals surface area contributed by atoms with Crippen molar-refractivity contribution in [1.82, 2.24) is 10.2 Å². The Bertz CT molecular complexity index is 3670. The number of phenols is 1. The molecule has 35 heteroatoms. The van der Waals surface area contributed by atoms with Crippen LogP contribution < -0.4 is 20.7 Å². The number of benzene rings is 4. The molecule has 3 aliphatic heterocycles. The van der Waals surface area contributed by atoms with E-state index in [-0.39, 0.29) is 102 Å². The van der Waals surface area contributed by atoms with E-state index in [4.69, 9.17) is 61.8 Å². The lowest BCUT2D eigenvalue weighted by Gasteiger charge is -2.35. The van der Waals surface area contributed by atoms with Crippen molar-refractivity contribution in [2.75, 3.05) is 71.2 Å². The Morgan fingerprint density at radius 1 is 0.875 bits per heavy atom. The van der Waals surface area contributed by atoms with Gasteiger partial charge < -0.3 is 60.3 Å². The number of likely N-dealkylation sites (tertiary alicyclic amines) is 1. The number of aliphatic hydroxyl groups is 1. The fourth-order valence-electron chi connectivity index (χ4n) is 11.2. The standard InChI is InChI=1S/C61H76BClN7O23P3/c1-68(41-14-12-40(13-15-41)66-67-52-22-16-42(70(78)79)29-51(52)63)25-8-10-58(74)69-33-46(73)28-43(69)36-89-96(84,85)93-55-32-57(62)92-56(55)37-90-95(82,83)88-35-38(9-4-5-23-64)34-87-94(80,81)86-26-7-3-2-6-24-65-60(75)39-11-19-47(61(76)77)50(27-39)59-48-20-17-44(71)30-53(48)91-54-31-45(72)18-21-49(54)59/h11-22,27,29-31,38,43,46,48,55-57,59,72-73H,2-10,23-26,28,32-37,64H2,1H3,(H,65,75)(H,76,77)(H,80,81)(H,82,83)(H,84,85)/t38?,43-,46-,48?,55?,56?,57?,59?/m0/s1. The smallest absolute Gasteiger partial charge is 0.472 e. The molecule has 1 aliphatic carbocycles. The Hall–Kier alpha value is -6.60. The molecule has 11 atom stereocenters. The van der Waals surface area contributed by atoms with Gasteiger partial charge in [-0.25, -0.2) is 18.5 Å². The number of carboxylic acids is 1. The Kier molecular flexibility index (Phi) is 27.2. The van der Waals surface area contributed by atoms with E-state index in [0.717, 1.165) is 5.69 Å². The van der Waals surface area contributed by atoms with E-state index in [1.807, 2.05) is 11.9 Å². The number of halogens is 1. The highest BCUT2D eigenvalue weighted by Crippen LogP contribution is 2.52. The van der Waals surface area contributed by atoms with Crippen molar-refractivity contribution in [2.45, 2.75) is 107 Å². The highest BCUT2D eigenvalue weighted by atomic mass is 35.5. The summed E-state index contributed by atoms with van der Waals surface area (Å²) in [5.41, 5.74) is 8.04. The van der Waals surface area contributed by atoms with Gasteiger partial charge in [0.15, 0.2) is 5.78 Å². The van der Waals surface area contributed by atoms with Crippen LogP contribution in [0.3, 0.4) is 0 Å². The van der Waals surface area contributed by atoms with Crippen molar-refractivity contribution in [3.05, 3.63) is 140 Å². The topological polar surface area (TPSA) is 427 Å². The number of carboxylic acid groups (broad SMARTS) is 1. The van der Waals surface area contributed by atoms with Gasteiger partial charge in [0.2, 0.25) is 5.91 Å². The number of nitro groups is 1. The van der Waals surface area contributed by atoms with Crippen molar-refractivity contribution in [2.24, 2.45) is 27.8 Å². The number of phenolic OH excluding ortho intramolecular Hbond substituents is 1. The Morgan fingerprint density at radius 3 is 2.32 bits per heavy atom. The van der Waals surface area contributed by atoms with Crippen LogP contribution in [0.5, 0.6) is 11.5 Å². The van der Waals surface area contributed by atoms with Crippen molar-refractivity contribution in [3.63, 3.8) is 0 Å². The number of aromatic carboxylic acids is 1. The van der Waals surface area contributed by atoms with Gasteiger partial charge in [0.05, 0.1) is 72.5 Å². The zero-order valence-electron chi connectivity index (χ0n) is 52.2. The fourth-order valence-corrected chi connectivity index (χ4v) is 14.1. The molecular formula is C61H76BClN7O23P3. The number of non-ortho nitro benzene ring substituents is 1. The van der Waals surface area contributed by atoms with Crippen LogP contribution in [-0.2, 0) is 55.2 Å². The second kappa shape index (κ2) is 34.8. The van der Waals surface area contributed by atoms with Gasteiger partial charge >= 0.3 is 29.4 Å². The molecule has 8 rings (SSSR count). The SMILES string of the molecule is [B]C1CC(OP(=O)(O)OC[C@@H]2C[C@H](O)CN2C(=O)CCCN(C)c2ccc(N=Nc3ccc([N+](=O)[O-])cc3Cl)cc2)C(COP(=O)(O)OCC(CCCCN)COP(=O)(O)OCCCCCCNC(=O)c2ccc(C(=O)O)c(C3c4ccc(O)cc4OC4=CC(=O)C=CC43)c2)O1. The van der Waals surface area contributed by atoms with Gasteiger partial charge in [0.25, 0.3) is 11.6 Å². The second-order valence-corrected chi connectivity index (χ2v) is 28.0. The molecule has 4 aromatic carbocycles. The largest absolute Gasteiger partial charge is 0.508 e. The molecule has 4 aliphatic rings. The Labute approximate surface area is 559 Å². The van der Waals surface area contributed by atoms with Crippen LogP contribution in [0.2, 0.25) is 5.02 Å². The number of carbonyl (C=O) groups is 4. The van der Waals surface area contributed by atoms with Gasteiger partial charge in [-0.3, -0.25) is 51.6 Å². The second-order valence-electron chi connectivity index (χ2n) is 23.3. The number of amides is 2. The number of ether oxygens (including phenoxy) is 2. The minimum atomic E-state index is -4.94. The quantitative estimate of drug-likeness (QED) is 0.00520. The summed E-state index contributed by atoms with van der Waals surface area (Å²) in [4.78, 5) is 97.4. The van der Waals surface area contributed by atoms with E-state index < -0.39 is 115 Å². The fraction of sp³-hybridized carbons (Fsp3) is 0.475. The molecule has 2 fully saturated rings. The van der Waals surface area contributed by atoms with Crippen LogP contribution in [0, 0.1) is 22.0 Å². The first-order valence-corrected chi connectivity index (χ1v) is 35.8. The zero-order valence-corrected chi connectivity index (χ0v) is 55.7. The number of nitro benzene ring substituents is 1. The highest BCUT2D eigenvalue weighted by Gasteiger charge is 2.43. The van der Waals surface area contributed by atoms with Crippen molar-refractivity contribution in [1.29, 1.82) is 0 Å². The number of nitrogens with two attached hydrogens (primary N) is 1. The third-order valence-electron chi connectivity index (χ3n) is 16.1. The van der Waals surface area contributed by atoms with Crippen molar-refractivity contribution in [3.8, 4) is 11.5 Å². The summed E-state index contributed by atoms with van der Waals surface area (Å²) in [7, 11) is -6.69. The van der Waals surface area contributed by atoms with Gasteiger partial charge in [-0.05, 0) is 118 Å². The number of β-amino-alcohol motifs (C(OH)–C–C–N with tert-alkyl or cyclic N) is 1. The highest BCUT2D eigenvalue weighted by molar-refractivity contribution is 7.48. The van der Waals surface area contributed by atoms with Gasteiger partial charge in [-0.2, -0.15) is 5.11 Å². The number of hydrogen-bond acceptors (Lipinski definition) is 23. The maximum absolute atomic E-state index is 13.4. The van der Waals surface area contributed by atoms with Gasteiger partial charge in [-0.15, -0.1) is 5.11 Å². The van der Waals surface area contributed by atoms with Crippen LogP contribution >= 0.6 is 35.1 Å². The number of aromatic hydroxyl groups is 1. The lowest BCUT2D eigenvalue weighted by molar-refractivity contribution is -0.384. The maximum atomic E-state index is 13.4. The predicted octanol–water partition coefficient (Wildman–Crippen LogP) is 9.20. The minimum absolute atomic E-state index is 0.0403. The van der Waals surface area contributed by atoms with Crippen molar-refractivity contribution >= 4 is 89.2 Å². The normalized spacial score (nSPS) is 22.1. The molecule has 518 valence electrons. The number of nitrogens with one attached hydrogen (secondary N) is 1. The zero-order chi connectivity index (χ0) is 69.3. The van der Waals surface area contributed by atoms with Crippen LogP contribution in [-0.4, -0.2) is 168 Å². The number of phosphoric ester groups is 3. The summed E-state index contributed by atoms with van der Waals surface area (Å²) in [6.45, 7) is -1.33. The molecule has 9 unspecified atom stereocenters. The number of carbonyl (C=O) groups excluding carboxylic acids is 3. The number of aliphatic hydroxyl groups excluding tert-OH is 1. The van der Waals surface area contributed by atoms with Crippen LogP contribution in [0.1, 0.15) is 108 Å². The van der Waals surface area contributed by atoms with Crippen molar-refractivity contribution < 1.29 is 104 Å². The molecule has 30 nitrogen and oxygen atoms in total. The molecule has 0 saturated carbocycles. The first kappa shape index (κ1) is 75.2. The van der Waals surface area contributed by atoms with Crippen LogP contribution in [0.25, 0.3) is 0 Å². The minimum Gasteiger partial charge on any atom is -0.508 e. The molecule has 4 aromatic rings. The lowest BCUT2D eigenvalue weighted by Crippen LogP contribution is -2.38.